The fourth-order valence-corrected chi connectivity index (χ4v) is 3.84. The van der Waals surface area contributed by atoms with Gasteiger partial charge >= 0.3 is 5.69 Å². The van der Waals surface area contributed by atoms with Crippen LogP contribution in [-0.2, 0) is 18.1 Å². The summed E-state index contributed by atoms with van der Waals surface area (Å²) in [5.74, 6) is 0.434. The van der Waals surface area contributed by atoms with Crippen molar-refractivity contribution in [2.45, 2.75) is 13.3 Å². The molecule has 9 nitrogen and oxygen atoms in total. The predicted octanol–water partition coefficient (Wildman–Crippen LogP) is 4.12. The highest BCUT2D eigenvalue weighted by atomic mass is 35.5. The van der Waals surface area contributed by atoms with Crippen LogP contribution in [-0.4, -0.2) is 36.7 Å². The molecular formula is C25H21ClN6O3. The molecule has 0 aliphatic rings. The lowest BCUT2D eigenvalue weighted by Gasteiger charge is -2.14. The van der Waals surface area contributed by atoms with E-state index in [0.717, 1.165) is 27.1 Å². The molecule has 0 bridgehead atoms. The molecule has 0 aliphatic heterocycles. The van der Waals surface area contributed by atoms with Gasteiger partial charge in [-0.2, -0.15) is 9.36 Å². The Labute approximate surface area is 205 Å². The highest BCUT2D eigenvalue weighted by molar-refractivity contribution is 6.30. The standard InChI is InChI=1S/C25H21ClN6O3/c1-34-17-31-25(33)32(29-28-31)23-9-5-8-21(18-6-3-2-4-7-18)22(23)16-35-24-14-15-30(27-24)20-12-10-19(26)11-13-20/h2-15H,16-17H2,1H3. The molecule has 0 aliphatic carbocycles. The molecule has 0 fully saturated rings. The first kappa shape index (κ1) is 22.6. The number of methoxy groups -OCH3 is 1. The highest BCUT2D eigenvalue weighted by Crippen LogP contribution is 2.29. The van der Waals surface area contributed by atoms with Gasteiger partial charge in [0.15, 0.2) is 0 Å². The Morgan fingerprint density at radius 2 is 1.71 bits per heavy atom. The van der Waals surface area contributed by atoms with E-state index >= 15 is 0 Å². The van der Waals surface area contributed by atoms with E-state index in [1.807, 2.05) is 66.9 Å². The second-order valence-corrected chi connectivity index (χ2v) is 8.06. The maximum absolute atomic E-state index is 12.9. The number of hydrogen-bond acceptors (Lipinski definition) is 6. The maximum Gasteiger partial charge on any atom is 0.370 e. The van der Waals surface area contributed by atoms with Gasteiger partial charge in [0.05, 0.1) is 11.4 Å². The molecule has 176 valence electrons. The third-order valence-corrected chi connectivity index (χ3v) is 5.63. The lowest BCUT2D eigenvalue weighted by Crippen LogP contribution is -2.25. The van der Waals surface area contributed by atoms with Crippen molar-refractivity contribution in [3.63, 3.8) is 0 Å². The SMILES string of the molecule is COCn1nnn(-c2cccc(-c3ccccc3)c2COc2ccn(-c3ccc(Cl)cc3)n2)c1=O. The Balaban J connectivity index is 1.51. The number of ether oxygens (including phenoxy) is 2. The first-order valence-electron chi connectivity index (χ1n) is 10.8. The Hall–Kier alpha value is -4.21. The van der Waals surface area contributed by atoms with Crippen molar-refractivity contribution >= 4 is 11.6 Å². The molecule has 2 aromatic heterocycles. The van der Waals surface area contributed by atoms with E-state index in [9.17, 15) is 4.79 Å². The molecule has 0 saturated heterocycles. The smallest absolute Gasteiger partial charge is 0.370 e. The van der Waals surface area contributed by atoms with Crippen LogP contribution in [0.2, 0.25) is 5.02 Å². The summed E-state index contributed by atoms with van der Waals surface area (Å²) < 4.78 is 15.2. The van der Waals surface area contributed by atoms with Gasteiger partial charge in [-0.1, -0.05) is 54.1 Å². The number of rotatable bonds is 8. The van der Waals surface area contributed by atoms with E-state index in [1.165, 1.54) is 11.8 Å². The summed E-state index contributed by atoms with van der Waals surface area (Å²) in [6.07, 6.45) is 1.81. The minimum Gasteiger partial charge on any atom is -0.472 e. The van der Waals surface area contributed by atoms with Gasteiger partial charge < -0.3 is 9.47 Å². The maximum atomic E-state index is 12.9. The number of benzene rings is 3. The zero-order valence-corrected chi connectivity index (χ0v) is 19.5. The van der Waals surface area contributed by atoms with Crippen LogP contribution in [0.15, 0.2) is 89.9 Å². The molecule has 0 N–H and O–H groups in total. The molecule has 5 aromatic rings. The molecule has 10 heteroatoms. The molecule has 0 amide bonds. The van der Waals surface area contributed by atoms with E-state index in [1.54, 1.807) is 22.9 Å². The summed E-state index contributed by atoms with van der Waals surface area (Å²) in [6, 6.07) is 24.7. The molecule has 5 rings (SSSR count). The lowest BCUT2D eigenvalue weighted by atomic mass is 9.98. The van der Waals surface area contributed by atoms with Crippen LogP contribution >= 0.6 is 11.6 Å². The third-order valence-electron chi connectivity index (χ3n) is 5.38. The van der Waals surface area contributed by atoms with E-state index in [4.69, 9.17) is 21.1 Å². The second kappa shape index (κ2) is 9.96. The first-order chi connectivity index (χ1) is 17.1. The molecule has 0 radical (unpaired) electrons. The van der Waals surface area contributed by atoms with Crippen LogP contribution < -0.4 is 10.4 Å². The van der Waals surface area contributed by atoms with Crippen LogP contribution in [0.25, 0.3) is 22.5 Å². The van der Waals surface area contributed by atoms with Gasteiger partial charge in [0, 0.05) is 30.0 Å². The summed E-state index contributed by atoms with van der Waals surface area (Å²) in [6.45, 7) is 0.160. The molecule has 0 spiro atoms. The minimum atomic E-state index is -0.412. The molecule has 0 atom stereocenters. The zero-order valence-electron chi connectivity index (χ0n) is 18.8. The summed E-state index contributed by atoms with van der Waals surface area (Å²) >= 11 is 5.99. The summed E-state index contributed by atoms with van der Waals surface area (Å²) in [5, 5.41) is 13.1. The van der Waals surface area contributed by atoms with Gasteiger partial charge in [-0.15, -0.1) is 5.10 Å². The van der Waals surface area contributed by atoms with Gasteiger partial charge in [0.2, 0.25) is 5.88 Å². The Kier molecular flexibility index (Phi) is 6.42. The van der Waals surface area contributed by atoms with Crippen LogP contribution in [0.4, 0.5) is 0 Å². The van der Waals surface area contributed by atoms with Crippen molar-refractivity contribution < 1.29 is 9.47 Å². The van der Waals surface area contributed by atoms with Crippen LogP contribution in [0.3, 0.4) is 0 Å². The number of nitrogens with zero attached hydrogens (tertiary/aromatic N) is 6. The average Bonchev–Trinajstić information content (AvgIpc) is 3.51. The van der Waals surface area contributed by atoms with E-state index in [2.05, 4.69) is 15.5 Å². The Morgan fingerprint density at radius 1 is 0.914 bits per heavy atom. The number of tetrazole rings is 1. The normalized spacial score (nSPS) is 11.0. The van der Waals surface area contributed by atoms with Gasteiger partial charge in [-0.3, -0.25) is 0 Å². The molecular weight excluding hydrogens is 468 g/mol. The minimum absolute atomic E-state index is 0.00513. The fourth-order valence-electron chi connectivity index (χ4n) is 3.71. The Bertz CT molecular complexity index is 1490. The fraction of sp³-hybridized carbons (Fsp3) is 0.120. The summed E-state index contributed by atoms with van der Waals surface area (Å²) in [7, 11) is 1.49. The molecule has 3 aromatic carbocycles. The van der Waals surface area contributed by atoms with Crippen molar-refractivity contribution in [3.8, 4) is 28.4 Å². The monoisotopic (exact) mass is 488 g/mol. The molecule has 0 saturated carbocycles. The largest absolute Gasteiger partial charge is 0.472 e. The van der Waals surface area contributed by atoms with Gasteiger partial charge in [-0.25, -0.2) is 9.48 Å². The Morgan fingerprint density at radius 3 is 2.49 bits per heavy atom. The average molecular weight is 489 g/mol. The van der Waals surface area contributed by atoms with Gasteiger partial charge in [0.25, 0.3) is 0 Å². The van der Waals surface area contributed by atoms with Gasteiger partial charge in [-0.05, 0) is 51.9 Å². The van der Waals surface area contributed by atoms with E-state index in [-0.39, 0.29) is 13.3 Å². The quantitative estimate of drug-likeness (QED) is 0.326. The molecule has 2 heterocycles. The number of hydrogen-bond donors (Lipinski definition) is 0. The second-order valence-electron chi connectivity index (χ2n) is 7.62. The lowest BCUT2D eigenvalue weighted by molar-refractivity contribution is 0.116. The molecule has 35 heavy (non-hydrogen) atoms. The van der Waals surface area contributed by atoms with Crippen molar-refractivity contribution in [3.05, 3.63) is 106 Å². The first-order valence-corrected chi connectivity index (χ1v) is 11.2. The van der Waals surface area contributed by atoms with Crippen molar-refractivity contribution in [1.82, 2.24) is 29.6 Å². The number of halogens is 1. The number of aromatic nitrogens is 6. The molecule has 0 unspecified atom stereocenters. The summed E-state index contributed by atoms with van der Waals surface area (Å²) in [4.78, 5) is 12.9. The topological polar surface area (TPSA) is 89.0 Å². The van der Waals surface area contributed by atoms with E-state index in [0.29, 0.717) is 16.6 Å². The van der Waals surface area contributed by atoms with Crippen LogP contribution in [0.5, 0.6) is 5.88 Å². The van der Waals surface area contributed by atoms with Crippen molar-refractivity contribution in [2.24, 2.45) is 0 Å². The van der Waals surface area contributed by atoms with Gasteiger partial charge in [0.1, 0.15) is 13.3 Å². The highest BCUT2D eigenvalue weighted by Gasteiger charge is 2.17. The predicted molar refractivity (Wildman–Crippen MR) is 131 cm³/mol. The van der Waals surface area contributed by atoms with Crippen molar-refractivity contribution in [2.75, 3.05) is 7.11 Å². The zero-order chi connectivity index (χ0) is 24.2. The van der Waals surface area contributed by atoms with E-state index < -0.39 is 5.69 Å². The van der Waals surface area contributed by atoms with Crippen LogP contribution in [0.1, 0.15) is 5.56 Å². The third kappa shape index (κ3) is 4.72. The summed E-state index contributed by atoms with van der Waals surface area (Å²) in [5.41, 5.74) is 3.67. The van der Waals surface area contributed by atoms with Crippen molar-refractivity contribution in [1.29, 1.82) is 0 Å². The van der Waals surface area contributed by atoms with Crippen LogP contribution in [0, 0.1) is 0 Å².